The van der Waals surface area contributed by atoms with Gasteiger partial charge in [0.1, 0.15) is 0 Å². The van der Waals surface area contributed by atoms with Crippen LogP contribution in [0.15, 0.2) is 49.6 Å². The molecule has 1 rings (SSSR count). The zero-order chi connectivity index (χ0) is 16.5. The van der Waals surface area contributed by atoms with Crippen molar-refractivity contribution in [3.63, 3.8) is 0 Å². The van der Waals surface area contributed by atoms with Crippen LogP contribution in [0.2, 0.25) is 0 Å². The van der Waals surface area contributed by atoms with Gasteiger partial charge < -0.3 is 5.11 Å². The number of carboxylic acid groups (broad SMARTS) is 1. The van der Waals surface area contributed by atoms with E-state index in [1.54, 1.807) is 24.3 Å². The molecule has 1 aromatic carbocycles. The second-order valence-corrected chi connectivity index (χ2v) is 5.32. The summed E-state index contributed by atoms with van der Waals surface area (Å²) in [4.78, 5) is 25.6. The van der Waals surface area contributed by atoms with Gasteiger partial charge in [0, 0.05) is 31.1 Å². The predicted octanol–water partition coefficient (Wildman–Crippen LogP) is 2.94. The number of nitrogens with zero attached hydrogens (tertiary/aromatic N) is 1. The van der Waals surface area contributed by atoms with E-state index in [-0.39, 0.29) is 12.2 Å². The van der Waals surface area contributed by atoms with E-state index in [2.05, 4.69) is 13.2 Å². The molecule has 1 N–H and O–H groups in total. The number of hydrogen-bond acceptors (Lipinski definition) is 3. The van der Waals surface area contributed by atoms with Crippen molar-refractivity contribution in [2.45, 2.75) is 13.3 Å². The van der Waals surface area contributed by atoms with Gasteiger partial charge in [0.25, 0.3) is 0 Å². The highest BCUT2D eigenvalue weighted by atomic mass is 16.4. The van der Waals surface area contributed by atoms with Gasteiger partial charge >= 0.3 is 5.97 Å². The average Bonchev–Trinajstić information content (AvgIpc) is 2.46. The first-order valence-corrected chi connectivity index (χ1v) is 7.24. The molecule has 0 aromatic heterocycles. The first-order chi connectivity index (χ1) is 10.5. The molecule has 0 amide bonds. The van der Waals surface area contributed by atoms with Crippen LogP contribution in [0.4, 0.5) is 0 Å². The first-order valence-electron chi connectivity index (χ1n) is 7.24. The minimum Gasteiger partial charge on any atom is -0.481 e. The zero-order valence-corrected chi connectivity index (χ0v) is 13.0. The third-order valence-electron chi connectivity index (χ3n) is 3.38. The van der Waals surface area contributed by atoms with Crippen molar-refractivity contribution in [2.24, 2.45) is 5.92 Å². The first kappa shape index (κ1) is 17.9. The highest BCUT2D eigenvalue weighted by Gasteiger charge is 2.24. The summed E-state index contributed by atoms with van der Waals surface area (Å²) in [6.45, 7) is 10.9. The Morgan fingerprint density at radius 2 is 1.73 bits per heavy atom. The minimum atomic E-state index is -0.970. The van der Waals surface area contributed by atoms with E-state index in [0.717, 1.165) is 5.56 Å². The molecule has 1 aromatic rings. The molecule has 4 heteroatoms. The lowest BCUT2D eigenvalue weighted by Gasteiger charge is -2.24. The van der Waals surface area contributed by atoms with Crippen LogP contribution in [-0.2, 0) is 4.79 Å². The van der Waals surface area contributed by atoms with E-state index in [4.69, 9.17) is 5.11 Å². The summed E-state index contributed by atoms with van der Waals surface area (Å²) < 4.78 is 0. The predicted molar refractivity (Wildman–Crippen MR) is 88.1 cm³/mol. The van der Waals surface area contributed by atoms with Crippen LogP contribution in [0, 0.1) is 12.8 Å². The Kier molecular flexibility index (Phi) is 7.26. The number of ketones is 1. The maximum absolute atomic E-state index is 12.6. The quantitative estimate of drug-likeness (QED) is 0.533. The maximum Gasteiger partial charge on any atom is 0.304 e. The summed E-state index contributed by atoms with van der Waals surface area (Å²) in [6, 6.07) is 7.21. The lowest BCUT2D eigenvalue weighted by Crippen LogP contribution is -2.35. The molecular formula is C18H23NO3. The molecule has 0 aliphatic heterocycles. The summed E-state index contributed by atoms with van der Waals surface area (Å²) in [5, 5.41) is 9.09. The number of hydrogen-bond donors (Lipinski definition) is 1. The molecule has 22 heavy (non-hydrogen) atoms. The molecule has 1 atom stereocenters. The maximum atomic E-state index is 12.6. The van der Waals surface area contributed by atoms with Crippen LogP contribution >= 0.6 is 0 Å². The van der Waals surface area contributed by atoms with Crippen LogP contribution < -0.4 is 0 Å². The Balaban J connectivity index is 2.92. The molecule has 0 radical (unpaired) electrons. The van der Waals surface area contributed by atoms with Crippen molar-refractivity contribution in [2.75, 3.05) is 19.6 Å². The van der Waals surface area contributed by atoms with Crippen LogP contribution in [0.1, 0.15) is 22.3 Å². The zero-order valence-electron chi connectivity index (χ0n) is 13.0. The van der Waals surface area contributed by atoms with E-state index in [1.807, 2.05) is 24.0 Å². The van der Waals surface area contributed by atoms with Crippen molar-refractivity contribution < 1.29 is 14.7 Å². The number of benzene rings is 1. The SMILES string of the molecule is C=CCN(CC=C)CC(CC(=O)O)C(=O)c1ccc(C)cc1. The molecule has 0 spiro atoms. The number of rotatable bonds is 10. The van der Waals surface area contributed by atoms with Crippen LogP contribution in [0.25, 0.3) is 0 Å². The fourth-order valence-corrected chi connectivity index (χ4v) is 2.30. The van der Waals surface area contributed by atoms with Gasteiger partial charge in [-0.25, -0.2) is 0 Å². The summed E-state index contributed by atoms with van der Waals surface area (Å²) in [5.41, 5.74) is 1.61. The van der Waals surface area contributed by atoms with Crippen LogP contribution in [0.5, 0.6) is 0 Å². The van der Waals surface area contributed by atoms with Gasteiger partial charge in [0.2, 0.25) is 0 Å². The summed E-state index contributed by atoms with van der Waals surface area (Å²) in [5.74, 6) is -1.69. The number of aliphatic carboxylic acids is 1. The Labute approximate surface area is 131 Å². The number of Topliss-reactive ketones (excluding diaryl/α,β-unsaturated/α-hetero) is 1. The van der Waals surface area contributed by atoms with Crippen molar-refractivity contribution in [3.05, 3.63) is 60.7 Å². The highest BCUT2D eigenvalue weighted by molar-refractivity contribution is 5.99. The second kappa shape index (κ2) is 8.95. The van der Waals surface area contributed by atoms with Crippen molar-refractivity contribution in [1.82, 2.24) is 4.90 Å². The van der Waals surface area contributed by atoms with Gasteiger partial charge in [-0.3, -0.25) is 14.5 Å². The van der Waals surface area contributed by atoms with Crippen LogP contribution in [0.3, 0.4) is 0 Å². The Morgan fingerprint density at radius 1 is 1.18 bits per heavy atom. The van der Waals surface area contributed by atoms with E-state index in [0.29, 0.717) is 25.2 Å². The van der Waals surface area contributed by atoms with E-state index >= 15 is 0 Å². The van der Waals surface area contributed by atoms with Gasteiger partial charge in [-0.1, -0.05) is 42.0 Å². The fraction of sp³-hybridized carbons (Fsp3) is 0.333. The van der Waals surface area contributed by atoms with Gasteiger partial charge in [0.05, 0.1) is 6.42 Å². The third-order valence-corrected chi connectivity index (χ3v) is 3.38. The molecule has 0 aliphatic carbocycles. The van der Waals surface area contributed by atoms with E-state index in [1.165, 1.54) is 0 Å². The highest BCUT2D eigenvalue weighted by Crippen LogP contribution is 2.16. The lowest BCUT2D eigenvalue weighted by molar-refractivity contribution is -0.137. The van der Waals surface area contributed by atoms with E-state index < -0.39 is 11.9 Å². The third kappa shape index (κ3) is 5.66. The molecule has 4 nitrogen and oxygen atoms in total. The summed E-state index contributed by atoms with van der Waals surface area (Å²) >= 11 is 0. The molecule has 0 aliphatic rings. The van der Waals surface area contributed by atoms with Crippen molar-refractivity contribution in [3.8, 4) is 0 Å². The Morgan fingerprint density at radius 3 is 2.18 bits per heavy atom. The number of carbonyl (C=O) groups is 2. The molecule has 0 fully saturated rings. The standard InChI is InChI=1S/C18H23NO3/c1-4-10-19(11-5-2)13-16(12-17(20)21)18(22)15-8-6-14(3)7-9-15/h4-9,16H,1-2,10-13H2,3H3,(H,20,21). The lowest BCUT2D eigenvalue weighted by atomic mass is 9.93. The van der Waals surface area contributed by atoms with Gasteiger partial charge in [-0.2, -0.15) is 0 Å². The Bertz CT molecular complexity index is 524. The largest absolute Gasteiger partial charge is 0.481 e. The summed E-state index contributed by atoms with van der Waals surface area (Å²) in [7, 11) is 0. The van der Waals surface area contributed by atoms with Crippen molar-refractivity contribution >= 4 is 11.8 Å². The number of aryl methyl sites for hydroxylation is 1. The average molecular weight is 301 g/mol. The van der Waals surface area contributed by atoms with Gasteiger partial charge in [0.15, 0.2) is 5.78 Å². The smallest absolute Gasteiger partial charge is 0.304 e. The molecule has 118 valence electrons. The molecule has 0 bridgehead atoms. The van der Waals surface area contributed by atoms with Crippen LogP contribution in [-0.4, -0.2) is 41.4 Å². The number of carboxylic acids is 1. The Hall–Kier alpha value is -2.20. The van der Waals surface area contributed by atoms with Crippen molar-refractivity contribution in [1.29, 1.82) is 0 Å². The summed E-state index contributed by atoms with van der Waals surface area (Å²) in [6.07, 6.45) is 3.28. The fourth-order valence-electron chi connectivity index (χ4n) is 2.30. The topological polar surface area (TPSA) is 57.6 Å². The monoisotopic (exact) mass is 301 g/mol. The number of carbonyl (C=O) groups excluding carboxylic acids is 1. The van der Waals surface area contributed by atoms with E-state index in [9.17, 15) is 9.59 Å². The normalized spacial score (nSPS) is 11.9. The van der Waals surface area contributed by atoms with Gasteiger partial charge in [-0.15, -0.1) is 13.2 Å². The molecule has 0 saturated heterocycles. The molecule has 0 heterocycles. The minimum absolute atomic E-state index is 0.138. The van der Waals surface area contributed by atoms with Gasteiger partial charge in [-0.05, 0) is 6.92 Å². The second-order valence-electron chi connectivity index (χ2n) is 5.32. The molecule has 0 saturated carbocycles. The molecular weight excluding hydrogens is 278 g/mol. The molecule has 1 unspecified atom stereocenters.